The number of hydrogen-bond donors (Lipinski definition) is 1. The molecule has 0 fully saturated rings. The molecular weight excluding hydrogens is 192 g/mol. The van der Waals surface area contributed by atoms with Crippen LogP contribution in [0.3, 0.4) is 0 Å². The van der Waals surface area contributed by atoms with Crippen LogP contribution < -0.4 is 0 Å². The predicted molar refractivity (Wildman–Crippen MR) is 60.5 cm³/mol. The fourth-order valence-corrected chi connectivity index (χ4v) is 1.61. The van der Waals surface area contributed by atoms with E-state index in [4.69, 9.17) is 4.74 Å². The van der Waals surface area contributed by atoms with Crippen LogP contribution in [0.5, 0.6) is 0 Å². The fraction of sp³-hybridized carbons (Fsp3) is 0.750. The van der Waals surface area contributed by atoms with Crippen molar-refractivity contribution in [2.45, 2.75) is 46.6 Å². The van der Waals surface area contributed by atoms with Crippen LogP contribution in [-0.4, -0.2) is 23.3 Å². The number of ether oxygens (including phenoxy) is 1. The Morgan fingerprint density at radius 3 is 2.13 bits per heavy atom. The average Bonchev–Trinajstić information content (AvgIpc) is 1.95. The van der Waals surface area contributed by atoms with Crippen molar-refractivity contribution in [2.75, 3.05) is 6.61 Å². The minimum Gasteiger partial charge on any atom is -0.462 e. The molecule has 0 rings (SSSR count). The Hall–Kier alpha value is -0.830. The van der Waals surface area contributed by atoms with E-state index in [2.05, 4.69) is 6.58 Å². The van der Waals surface area contributed by atoms with Crippen molar-refractivity contribution in [1.29, 1.82) is 0 Å². The topological polar surface area (TPSA) is 46.5 Å². The summed E-state index contributed by atoms with van der Waals surface area (Å²) in [6.07, 6.45) is 0.573. The lowest BCUT2D eigenvalue weighted by Crippen LogP contribution is -2.32. The first-order valence-electron chi connectivity index (χ1n) is 5.08. The molecule has 0 unspecified atom stereocenters. The maximum Gasteiger partial charge on any atom is 0.333 e. The van der Waals surface area contributed by atoms with Gasteiger partial charge in [-0.1, -0.05) is 20.4 Å². The van der Waals surface area contributed by atoms with Crippen LogP contribution in [0, 0.1) is 5.41 Å². The first-order chi connectivity index (χ1) is 6.53. The van der Waals surface area contributed by atoms with Gasteiger partial charge in [-0.3, -0.25) is 0 Å². The third-order valence-corrected chi connectivity index (χ3v) is 1.85. The van der Waals surface area contributed by atoms with E-state index in [0.717, 1.165) is 0 Å². The zero-order chi connectivity index (χ0) is 12.3. The Morgan fingerprint density at radius 2 is 1.80 bits per heavy atom. The van der Waals surface area contributed by atoms with E-state index in [0.29, 0.717) is 18.6 Å². The predicted octanol–water partition coefficient (Wildman–Crippen LogP) is 2.29. The second-order valence-electron chi connectivity index (χ2n) is 5.51. The van der Waals surface area contributed by atoms with Gasteiger partial charge in [0.1, 0.15) is 0 Å². The summed E-state index contributed by atoms with van der Waals surface area (Å²) in [4.78, 5) is 11.2. The van der Waals surface area contributed by atoms with Gasteiger partial charge in [0.05, 0.1) is 12.2 Å². The van der Waals surface area contributed by atoms with Gasteiger partial charge >= 0.3 is 5.97 Å². The first-order valence-corrected chi connectivity index (χ1v) is 5.08. The van der Waals surface area contributed by atoms with Crippen LogP contribution in [0.25, 0.3) is 0 Å². The summed E-state index contributed by atoms with van der Waals surface area (Å²) in [5.74, 6) is -0.376. The van der Waals surface area contributed by atoms with E-state index in [9.17, 15) is 9.90 Å². The summed E-state index contributed by atoms with van der Waals surface area (Å²) in [6.45, 7) is 12.8. The molecule has 0 spiro atoms. The highest BCUT2D eigenvalue weighted by Gasteiger charge is 2.28. The monoisotopic (exact) mass is 214 g/mol. The third-order valence-electron chi connectivity index (χ3n) is 1.85. The maximum absolute atomic E-state index is 11.2. The molecule has 15 heavy (non-hydrogen) atoms. The molecule has 0 aliphatic rings. The lowest BCUT2D eigenvalue weighted by atomic mass is 9.82. The van der Waals surface area contributed by atoms with Gasteiger partial charge in [-0.2, -0.15) is 0 Å². The number of rotatable bonds is 5. The SMILES string of the molecule is C=C(C)C(=O)OCC(C)(C)CC(C)(C)O. The van der Waals surface area contributed by atoms with E-state index >= 15 is 0 Å². The molecule has 0 aromatic rings. The molecule has 0 aromatic carbocycles. The molecule has 0 atom stereocenters. The van der Waals surface area contributed by atoms with Crippen molar-refractivity contribution in [3.8, 4) is 0 Å². The van der Waals surface area contributed by atoms with Crippen molar-refractivity contribution < 1.29 is 14.6 Å². The summed E-state index contributed by atoms with van der Waals surface area (Å²) in [5.41, 5.74) is -0.586. The van der Waals surface area contributed by atoms with E-state index in [1.54, 1.807) is 20.8 Å². The highest BCUT2D eigenvalue weighted by atomic mass is 16.5. The van der Waals surface area contributed by atoms with Crippen LogP contribution in [0.4, 0.5) is 0 Å². The van der Waals surface area contributed by atoms with E-state index in [-0.39, 0.29) is 11.4 Å². The quantitative estimate of drug-likeness (QED) is 0.564. The van der Waals surface area contributed by atoms with Crippen LogP contribution in [-0.2, 0) is 9.53 Å². The van der Waals surface area contributed by atoms with Gasteiger partial charge in [0.25, 0.3) is 0 Å². The zero-order valence-corrected chi connectivity index (χ0v) is 10.4. The van der Waals surface area contributed by atoms with Gasteiger partial charge in [-0.15, -0.1) is 0 Å². The largest absolute Gasteiger partial charge is 0.462 e. The van der Waals surface area contributed by atoms with Gasteiger partial charge in [-0.05, 0) is 27.2 Å². The molecule has 0 aliphatic carbocycles. The highest BCUT2D eigenvalue weighted by molar-refractivity contribution is 5.86. The summed E-state index contributed by atoms with van der Waals surface area (Å²) < 4.78 is 5.06. The summed E-state index contributed by atoms with van der Waals surface area (Å²) in [6, 6.07) is 0. The lowest BCUT2D eigenvalue weighted by Gasteiger charge is -2.30. The Bertz CT molecular complexity index is 246. The number of esters is 1. The van der Waals surface area contributed by atoms with Crippen LogP contribution in [0.2, 0.25) is 0 Å². The molecule has 0 aliphatic heterocycles. The summed E-state index contributed by atoms with van der Waals surface area (Å²) in [7, 11) is 0. The molecule has 88 valence electrons. The molecule has 1 N–H and O–H groups in total. The van der Waals surface area contributed by atoms with Gasteiger partial charge in [0, 0.05) is 11.0 Å². The minimum absolute atomic E-state index is 0.233. The second-order valence-corrected chi connectivity index (χ2v) is 5.51. The normalized spacial score (nSPS) is 12.4. The molecule has 0 saturated heterocycles. The molecule has 0 aromatic heterocycles. The van der Waals surface area contributed by atoms with Crippen molar-refractivity contribution in [2.24, 2.45) is 5.41 Å². The molecule has 0 radical (unpaired) electrons. The molecule has 0 bridgehead atoms. The van der Waals surface area contributed by atoms with Gasteiger partial charge in [-0.25, -0.2) is 4.79 Å². The lowest BCUT2D eigenvalue weighted by molar-refractivity contribution is -0.143. The maximum atomic E-state index is 11.2. The third kappa shape index (κ3) is 7.14. The van der Waals surface area contributed by atoms with Crippen LogP contribution in [0.1, 0.15) is 41.0 Å². The number of carbonyl (C=O) groups is 1. The molecular formula is C12H22O3. The summed E-state index contributed by atoms with van der Waals surface area (Å²) >= 11 is 0. The Kier molecular flexibility index (Phi) is 4.53. The van der Waals surface area contributed by atoms with Crippen LogP contribution in [0.15, 0.2) is 12.2 Å². The first kappa shape index (κ1) is 14.2. The average molecular weight is 214 g/mol. The standard InChI is InChI=1S/C12H22O3/c1-9(2)10(13)15-8-11(3,4)7-12(5,6)14/h14H,1,7-8H2,2-6H3. The van der Waals surface area contributed by atoms with E-state index in [1.165, 1.54) is 0 Å². The Morgan fingerprint density at radius 1 is 1.33 bits per heavy atom. The van der Waals surface area contributed by atoms with Crippen LogP contribution >= 0.6 is 0 Å². The molecule has 0 heterocycles. The highest BCUT2D eigenvalue weighted by Crippen LogP contribution is 2.28. The number of aliphatic hydroxyl groups is 1. The fourth-order valence-electron chi connectivity index (χ4n) is 1.61. The van der Waals surface area contributed by atoms with E-state index < -0.39 is 5.60 Å². The second kappa shape index (κ2) is 4.79. The van der Waals surface area contributed by atoms with Gasteiger partial charge < -0.3 is 9.84 Å². The Balaban J connectivity index is 4.16. The smallest absolute Gasteiger partial charge is 0.333 e. The van der Waals surface area contributed by atoms with Gasteiger partial charge in [0.2, 0.25) is 0 Å². The minimum atomic E-state index is -0.751. The molecule has 0 amide bonds. The summed E-state index contributed by atoms with van der Waals surface area (Å²) in [5, 5.41) is 9.67. The number of carbonyl (C=O) groups excluding carboxylic acids is 1. The van der Waals surface area contributed by atoms with Crippen molar-refractivity contribution in [3.63, 3.8) is 0 Å². The van der Waals surface area contributed by atoms with Gasteiger partial charge in [0.15, 0.2) is 0 Å². The van der Waals surface area contributed by atoms with Crippen molar-refractivity contribution in [1.82, 2.24) is 0 Å². The van der Waals surface area contributed by atoms with E-state index in [1.807, 2.05) is 13.8 Å². The van der Waals surface area contributed by atoms with Crippen molar-refractivity contribution in [3.05, 3.63) is 12.2 Å². The number of hydrogen-bond acceptors (Lipinski definition) is 3. The zero-order valence-electron chi connectivity index (χ0n) is 10.4. The molecule has 3 nitrogen and oxygen atoms in total. The van der Waals surface area contributed by atoms with Crippen molar-refractivity contribution >= 4 is 5.97 Å². The molecule has 0 saturated carbocycles. The Labute approximate surface area is 92.1 Å². The molecule has 3 heteroatoms.